The van der Waals surface area contributed by atoms with Gasteiger partial charge in [-0.2, -0.15) is 0 Å². The third kappa shape index (κ3) is 2.67. The average molecular weight is 216 g/mol. The van der Waals surface area contributed by atoms with Crippen molar-refractivity contribution < 1.29 is 9.53 Å². The maximum atomic E-state index is 10.4. The average Bonchev–Trinajstić information content (AvgIpc) is 1.93. The van der Waals surface area contributed by atoms with Crippen LogP contribution in [0.15, 0.2) is 22.9 Å². The summed E-state index contributed by atoms with van der Waals surface area (Å²) < 4.78 is 5.46. The SMILES string of the molecule is CC(=O)Oc1ccc(Br)nc1. The first-order chi connectivity index (χ1) is 5.18. The lowest BCUT2D eigenvalue weighted by Crippen LogP contribution is -2.01. The first kappa shape index (κ1) is 8.20. The monoisotopic (exact) mass is 215 g/mol. The lowest BCUT2D eigenvalue weighted by molar-refractivity contribution is -0.131. The van der Waals surface area contributed by atoms with Crippen LogP contribution in [-0.2, 0) is 4.79 Å². The third-order valence-corrected chi connectivity index (χ3v) is 1.43. The summed E-state index contributed by atoms with van der Waals surface area (Å²) in [6.07, 6.45) is 1.48. The van der Waals surface area contributed by atoms with Gasteiger partial charge in [-0.3, -0.25) is 4.79 Å². The van der Waals surface area contributed by atoms with Crippen molar-refractivity contribution in [2.45, 2.75) is 6.92 Å². The zero-order chi connectivity index (χ0) is 8.27. The van der Waals surface area contributed by atoms with Gasteiger partial charge in [0.25, 0.3) is 0 Å². The van der Waals surface area contributed by atoms with Crippen molar-refractivity contribution in [1.82, 2.24) is 4.98 Å². The Morgan fingerprint density at radius 2 is 2.36 bits per heavy atom. The quantitative estimate of drug-likeness (QED) is 0.530. The van der Waals surface area contributed by atoms with Crippen LogP contribution >= 0.6 is 15.9 Å². The van der Waals surface area contributed by atoms with E-state index in [4.69, 9.17) is 4.74 Å². The van der Waals surface area contributed by atoms with Gasteiger partial charge in [0.1, 0.15) is 10.4 Å². The molecular weight excluding hydrogens is 210 g/mol. The van der Waals surface area contributed by atoms with Crippen molar-refractivity contribution >= 4 is 21.9 Å². The summed E-state index contributed by atoms with van der Waals surface area (Å²) in [5, 5.41) is 0. The second-order valence-electron chi connectivity index (χ2n) is 1.91. The van der Waals surface area contributed by atoms with Crippen LogP contribution in [0.1, 0.15) is 6.92 Å². The Hall–Kier alpha value is -0.900. The van der Waals surface area contributed by atoms with Crippen molar-refractivity contribution in [2.24, 2.45) is 0 Å². The summed E-state index contributed by atoms with van der Waals surface area (Å²) in [6.45, 7) is 1.35. The highest BCUT2D eigenvalue weighted by molar-refractivity contribution is 9.10. The number of hydrogen-bond donors (Lipinski definition) is 0. The molecule has 3 nitrogen and oxygen atoms in total. The molecule has 0 spiro atoms. The van der Waals surface area contributed by atoms with Gasteiger partial charge < -0.3 is 4.74 Å². The van der Waals surface area contributed by atoms with E-state index in [1.807, 2.05) is 0 Å². The maximum absolute atomic E-state index is 10.4. The molecule has 58 valence electrons. The molecular formula is C7H6BrNO2. The van der Waals surface area contributed by atoms with Crippen LogP contribution in [0, 0.1) is 0 Å². The van der Waals surface area contributed by atoms with Crippen molar-refractivity contribution in [3.63, 3.8) is 0 Å². The van der Waals surface area contributed by atoms with Gasteiger partial charge in [-0.15, -0.1) is 0 Å². The summed E-state index contributed by atoms with van der Waals surface area (Å²) in [6, 6.07) is 3.37. The molecule has 4 heteroatoms. The van der Waals surface area contributed by atoms with E-state index in [9.17, 15) is 4.79 Å². The molecule has 0 saturated heterocycles. The normalized spacial score (nSPS) is 9.27. The zero-order valence-electron chi connectivity index (χ0n) is 5.87. The molecule has 0 aliphatic heterocycles. The zero-order valence-corrected chi connectivity index (χ0v) is 7.46. The number of pyridine rings is 1. The van der Waals surface area contributed by atoms with Crippen molar-refractivity contribution in [3.05, 3.63) is 22.9 Å². The Morgan fingerprint density at radius 3 is 2.82 bits per heavy atom. The fraction of sp³-hybridized carbons (Fsp3) is 0.143. The standard InChI is InChI=1S/C7H6BrNO2/c1-5(10)11-6-2-3-7(8)9-4-6/h2-4H,1H3. The maximum Gasteiger partial charge on any atom is 0.308 e. The molecule has 1 heterocycles. The highest BCUT2D eigenvalue weighted by atomic mass is 79.9. The summed E-state index contributed by atoms with van der Waals surface area (Å²) in [4.78, 5) is 14.3. The van der Waals surface area contributed by atoms with Crippen LogP contribution in [0.2, 0.25) is 0 Å². The molecule has 1 aromatic heterocycles. The lowest BCUT2D eigenvalue weighted by Gasteiger charge is -1.98. The first-order valence-electron chi connectivity index (χ1n) is 2.98. The minimum atomic E-state index is -0.339. The summed E-state index contributed by atoms with van der Waals surface area (Å²) in [5.74, 6) is 0.120. The smallest absolute Gasteiger partial charge is 0.308 e. The van der Waals surface area contributed by atoms with Gasteiger partial charge in [-0.1, -0.05) is 0 Å². The molecule has 0 radical (unpaired) electrons. The Morgan fingerprint density at radius 1 is 1.64 bits per heavy atom. The summed E-state index contributed by atoms with van der Waals surface area (Å²) in [7, 11) is 0. The van der Waals surface area contributed by atoms with Crippen LogP contribution in [0.3, 0.4) is 0 Å². The van der Waals surface area contributed by atoms with E-state index in [0.717, 1.165) is 0 Å². The molecule has 0 bridgehead atoms. The molecule has 0 aliphatic rings. The number of ether oxygens (including phenoxy) is 1. The van der Waals surface area contributed by atoms with Crippen LogP contribution in [-0.4, -0.2) is 11.0 Å². The molecule has 0 N–H and O–H groups in total. The van der Waals surface area contributed by atoms with E-state index in [1.165, 1.54) is 13.1 Å². The minimum absolute atomic E-state index is 0.339. The number of esters is 1. The predicted molar refractivity (Wildman–Crippen MR) is 43.2 cm³/mol. The third-order valence-electron chi connectivity index (χ3n) is 0.962. The van der Waals surface area contributed by atoms with Gasteiger partial charge >= 0.3 is 5.97 Å². The Labute approximate surface area is 72.5 Å². The number of nitrogens with zero attached hydrogens (tertiary/aromatic N) is 1. The fourth-order valence-electron chi connectivity index (χ4n) is 0.589. The molecule has 11 heavy (non-hydrogen) atoms. The van der Waals surface area contributed by atoms with E-state index in [0.29, 0.717) is 10.4 Å². The number of hydrogen-bond acceptors (Lipinski definition) is 3. The van der Waals surface area contributed by atoms with Crippen LogP contribution < -0.4 is 4.74 Å². The van der Waals surface area contributed by atoms with Crippen molar-refractivity contribution in [3.8, 4) is 5.75 Å². The van der Waals surface area contributed by atoms with E-state index in [1.54, 1.807) is 12.1 Å². The Balaban J connectivity index is 2.74. The molecule has 0 unspecified atom stereocenters. The van der Waals surface area contributed by atoms with Gasteiger partial charge in [-0.25, -0.2) is 4.98 Å². The number of carbonyl (C=O) groups excluding carboxylic acids is 1. The molecule has 0 atom stereocenters. The van der Waals surface area contributed by atoms with E-state index < -0.39 is 0 Å². The highest BCUT2D eigenvalue weighted by Crippen LogP contribution is 2.12. The second kappa shape index (κ2) is 3.48. The van der Waals surface area contributed by atoms with Crippen molar-refractivity contribution in [1.29, 1.82) is 0 Å². The summed E-state index contributed by atoms with van der Waals surface area (Å²) in [5.41, 5.74) is 0. The first-order valence-corrected chi connectivity index (χ1v) is 3.78. The van der Waals surface area contributed by atoms with Gasteiger partial charge in [0, 0.05) is 6.92 Å². The molecule has 0 amide bonds. The molecule has 1 rings (SSSR count). The predicted octanol–water partition coefficient (Wildman–Crippen LogP) is 1.77. The largest absolute Gasteiger partial charge is 0.425 e. The van der Waals surface area contributed by atoms with E-state index in [2.05, 4.69) is 20.9 Å². The van der Waals surface area contributed by atoms with E-state index in [-0.39, 0.29) is 5.97 Å². The molecule has 0 aliphatic carbocycles. The number of aromatic nitrogens is 1. The van der Waals surface area contributed by atoms with Gasteiger partial charge in [-0.05, 0) is 28.1 Å². The molecule has 1 aromatic rings. The number of rotatable bonds is 1. The molecule has 0 aromatic carbocycles. The minimum Gasteiger partial charge on any atom is -0.425 e. The fourth-order valence-corrected chi connectivity index (χ4v) is 0.823. The lowest BCUT2D eigenvalue weighted by atomic mass is 10.5. The van der Waals surface area contributed by atoms with Crippen LogP contribution in [0.5, 0.6) is 5.75 Å². The van der Waals surface area contributed by atoms with Gasteiger partial charge in [0.05, 0.1) is 6.20 Å². The number of carbonyl (C=O) groups is 1. The van der Waals surface area contributed by atoms with Crippen molar-refractivity contribution in [2.75, 3.05) is 0 Å². The highest BCUT2D eigenvalue weighted by Gasteiger charge is 1.96. The summed E-state index contributed by atoms with van der Waals surface area (Å²) >= 11 is 3.16. The van der Waals surface area contributed by atoms with Gasteiger partial charge in [0.2, 0.25) is 0 Å². The molecule has 0 fully saturated rings. The Bertz CT molecular complexity index is 258. The second-order valence-corrected chi connectivity index (χ2v) is 2.72. The van der Waals surface area contributed by atoms with Crippen LogP contribution in [0.25, 0.3) is 0 Å². The number of halogens is 1. The van der Waals surface area contributed by atoms with Crippen LogP contribution in [0.4, 0.5) is 0 Å². The molecule has 0 saturated carbocycles. The van der Waals surface area contributed by atoms with E-state index >= 15 is 0 Å². The van der Waals surface area contributed by atoms with Gasteiger partial charge in [0.15, 0.2) is 0 Å². The topological polar surface area (TPSA) is 39.2 Å². The Kier molecular flexibility index (Phi) is 2.59.